The number of carbonyl (C=O) groups is 1. The second-order valence-corrected chi connectivity index (χ2v) is 2.47. The molecule has 0 spiro atoms. The third-order valence-electron chi connectivity index (χ3n) is 1.20. The summed E-state index contributed by atoms with van der Waals surface area (Å²) in [6.07, 6.45) is 3.14. The van der Waals surface area contributed by atoms with Gasteiger partial charge in [-0.25, -0.2) is 4.98 Å². The number of nitrogen functional groups attached to an aromatic ring is 1. The summed E-state index contributed by atoms with van der Waals surface area (Å²) in [5.74, 6) is 0. The first-order valence-corrected chi connectivity index (χ1v) is 3.99. The van der Waals surface area contributed by atoms with Crippen LogP contribution in [0.25, 0.3) is 0 Å². The number of rotatable bonds is 2. The summed E-state index contributed by atoms with van der Waals surface area (Å²) >= 11 is 0. The topological polar surface area (TPSA) is 90.0 Å². The highest BCUT2D eigenvalue weighted by atomic mass is 16.1. The summed E-state index contributed by atoms with van der Waals surface area (Å²) in [4.78, 5) is 24.6. The maximum Gasteiger partial charge on any atom is 0.276 e. The fourth-order valence-electron chi connectivity index (χ4n) is 0.678. The van der Waals surface area contributed by atoms with E-state index in [4.69, 9.17) is 5.73 Å². The van der Waals surface area contributed by atoms with E-state index >= 15 is 0 Å². The van der Waals surface area contributed by atoms with E-state index in [0.29, 0.717) is 6.29 Å². The SMILES string of the molecule is CNC.Nc1cncn(CC=O)c1=O. The van der Waals surface area contributed by atoms with Crippen LogP contribution in [-0.2, 0) is 11.3 Å². The Balaban J connectivity index is 0.000000500. The van der Waals surface area contributed by atoms with Crippen molar-refractivity contribution in [1.29, 1.82) is 0 Å². The van der Waals surface area contributed by atoms with E-state index in [1.807, 2.05) is 14.1 Å². The van der Waals surface area contributed by atoms with Crippen molar-refractivity contribution in [3.8, 4) is 0 Å². The predicted molar refractivity (Wildman–Crippen MR) is 54.0 cm³/mol. The number of aldehydes is 1. The molecule has 0 bridgehead atoms. The van der Waals surface area contributed by atoms with E-state index < -0.39 is 0 Å². The minimum absolute atomic E-state index is 0.00310. The zero-order chi connectivity index (χ0) is 11.0. The van der Waals surface area contributed by atoms with Crippen LogP contribution in [-0.4, -0.2) is 29.9 Å². The lowest BCUT2D eigenvalue weighted by molar-refractivity contribution is -0.108. The Labute approximate surface area is 81.8 Å². The zero-order valence-electron chi connectivity index (χ0n) is 8.23. The Hall–Kier alpha value is -1.69. The first-order chi connectivity index (χ1) is 6.67. The quantitative estimate of drug-likeness (QED) is 0.586. The van der Waals surface area contributed by atoms with Crippen molar-refractivity contribution in [3.05, 3.63) is 22.9 Å². The van der Waals surface area contributed by atoms with Gasteiger partial charge in [0.25, 0.3) is 5.56 Å². The molecule has 0 unspecified atom stereocenters. The number of nitrogens with one attached hydrogen (secondary N) is 1. The largest absolute Gasteiger partial charge is 0.393 e. The average molecular weight is 198 g/mol. The molecule has 0 saturated carbocycles. The number of aromatic nitrogens is 2. The fourth-order valence-corrected chi connectivity index (χ4v) is 0.678. The number of anilines is 1. The normalized spacial score (nSPS) is 8.71. The summed E-state index contributed by atoms with van der Waals surface area (Å²) in [5.41, 5.74) is 4.91. The lowest BCUT2D eigenvalue weighted by Gasteiger charge is -1.98. The van der Waals surface area contributed by atoms with Gasteiger partial charge in [0, 0.05) is 0 Å². The van der Waals surface area contributed by atoms with Gasteiger partial charge in [-0.1, -0.05) is 0 Å². The average Bonchev–Trinajstić information content (AvgIpc) is 2.15. The lowest BCUT2D eigenvalue weighted by atomic mass is 10.5. The van der Waals surface area contributed by atoms with E-state index in [-0.39, 0.29) is 17.8 Å². The predicted octanol–water partition coefficient (Wildman–Crippen LogP) is -1.14. The molecule has 1 aromatic rings. The van der Waals surface area contributed by atoms with Crippen LogP contribution in [0.4, 0.5) is 5.69 Å². The third kappa shape index (κ3) is 3.81. The van der Waals surface area contributed by atoms with Gasteiger partial charge < -0.3 is 15.8 Å². The molecule has 1 aromatic heterocycles. The summed E-state index contributed by atoms with van der Waals surface area (Å²) in [7, 11) is 3.75. The molecule has 0 saturated heterocycles. The van der Waals surface area contributed by atoms with Gasteiger partial charge in [0.15, 0.2) is 0 Å². The zero-order valence-corrected chi connectivity index (χ0v) is 8.23. The molecule has 0 radical (unpaired) electrons. The van der Waals surface area contributed by atoms with Crippen molar-refractivity contribution >= 4 is 12.0 Å². The minimum Gasteiger partial charge on any atom is -0.393 e. The number of carbonyl (C=O) groups excluding carboxylic acids is 1. The maximum atomic E-state index is 11.0. The van der Waals surface area contributed by atoms with E-state index in [2.05, 4.69) is 10.3 Å². The van der Waals surface area contributed by atoms with Crippen molar-refractivity contribution in [2.24, 2.45) is 0 Å². The van der Waals surface area contributed by atoms with Crippen molar-refractivity contribution in [2.45, 2.75) is 6.54 Å². The molecule has 0 amide bonds. The van der Waals surface area contributed by atoms with Gasteiger partial charge in [-0.05, 0) is 14.1 Å². The van der Waals surface area contributed by atoms with Crippen molar-refractivity contribution in [2.75, 3.05) is 19.8 Å². The molecule has 1 rings (SSSR count). The van der Waals surface area contributed by atoms with Crippen LogP contribution in [0.2, 0.25) is 0 Å². The summed E-state index contributed by atoms with van der Waals surface area (Å²) in [6.45, 7) is -0.00310. The molecule has 6 nitrogen and oxygen atoms in total. The smallest absolute Gasteiger partial charge is 0.276 e. The summed E-state index contributed by atoms with van der Waals surface area (Å²) in [6, 6.07) is 0. The maximum absolute atomic E-state index is 11.0. The number of nitrogens with zero attached hydrogens (tertiary/aromatic N) is 2. The third-order valence-corrected chi connectivity index (χ3v) is 1.20. The van der Waals surface area contributed by atoms with Gasteiger partial charge >= 0.3 is 0 Å². The standard InChI is InChI=1S/C6H7N3O2.C2H7N/c7-5-3-8-4-9(1-2-10)6(5)11;1-3-2/h2-4H,1,7H2;3H,1-2H3. The van der Waals surface area contributed by atoms with Crippen LogP contribution >= 0.6 is 0 Å². The molecule has 0 aliphatic heterocycles. The van der Waals surface area contributed by atoms with Crippen LogP contribution in [0.1, 0.15) is 0 Å². The Morgan fingerprint density at radius 1 is 1.64 bits per heavy atom. The Kier molecular flexibility index (Phi) is 5.97. The minimum atomic E-state index is -0.382. The van der Waals surface area contributed by atoms with E-state index in [0.717, 1.165) is 4.57 Å². The molecule has 14 heavy (non-hydrogen) atoms. The van der Waals surface area contributed by atoms with E-state index in [9.17, 15) is 9.59 Å². The highest BCUT2D eigenvalue weighted by molar-refractivity contribution is 5.49. The lowest BCUT2D eigenvalue weighted by Crippen LogP contribution is -2.23. The van der Waals surface area contributed by atoms with Crippen LogP contribution < -0.4 is 16.6 Å². The number of nitrogens with two attached hydrogens (primary N) is 1. The Morgan fingerprint density at radius 2 is 2.21 bits per heavy atom. The number of hydrogen-bond acceptors (Lipinski definition) is 5. The Bertz CT molecular complexity index is 334. The van der Waals surface area contributed by atoms with E-state index in [1.54, 1.807) is 0 Å². The second-order valence-electron chi connectivity index (χ2n) is 2.47. The highest BCUT2D eigenvalue weighted by Crippen LogP contribution is 1.85. The van der Waals surface area contributed by atoms with Gasteiger partial charge in [0.2, 0.25) is 0 Å². The molecule has 0 aliphatic carbocycles. The molecular weight excluding hydrogens is 184 g/mol. The van der Waals surface area contributed by atoms with Gasteiger partial charge in [-0.3, -0.25) is 9.36 Å². The first kappa shape index (κ1) is 12.3. The molecule has 6 heteroatoms. The Morgan fingerprint density at radius 3 is 2.71 bits per heavy atom. The molecule has 1 heterocycles. The fraction of sp³-hybridized carbons (Fsp3) is 0.375. The molecule has 0 atom stereocenters. The van der Waals surface area contributed by atoms with Crippen LogP contribution in [0.3, 0.4) is 0 Å². The van der Waals surface area contributed by atoms with Gasteiger partial charge in [-0.2, -0.15) is 0 Å². The van der Waals surface area contributed by atoms with Crippen molar-refractivity contribution in [3.63, 3.8) is 0 Å². The first-order valence-electron chi connectivity index (χ1n) is 3.99. The molecular formula is C8H14N4O2. The summed E-state index contributed by atoms with van der Waals surface area (Å²) < 4.78 is 1.14. The van der Waals surface area contributed by atoms with Gasteiger partial charge in [-0.15, -0.1) is 0 Å². The molecule has 0 fully saturated rings. The van der Waals surface area contributed by atoms with Gasteiger partial charge in [0.1, 0.15) is 12.0 Å². The van der Waals surface area contributed by atoms with Crippen molar-refractivity contribution < 1.29 is 4.79 Å². The molecule has 0 aliphatic rings. The van der Waals surface area contributed by atoms with Gasteiger partial charge in [0.05, 0.1) is 19.1 Å². The molecule has 78 valence electrons. The monoisotopic (exact) mass is 198 g/mol. The van der Waals surface area contributed by atoms with E-state index in [1.165, 1.54) is 12.5 Å². The number of hydrogen-bond donors (Lipinski definition) is 2. The van der Waals surface area contributed by atoms with Crippen LogP contribution in [0.15, 0.2) is 17.3 Å². The summed E-state index contributed by atoms with van der Waals surface area (Å²) in [5, 5.41) is 2.75. The molecule has 3 N–H and O–H groups in total. The van der Waals surface area contributed by atoms with Crippen LogP contribution in [0, 0.1) is 0 Å². The second kappa shape index (κ2) is 6.79. The molecule has 0 aromatic carbocycles. The highest BCUT2D eigenvalue weighted by Gasteiger charge is 1.97. The van der Waals surface area contributed by atoms with Crippen LogP contribution in [0.5, 0.6) is 0 Å². The van der Waals surface area contributed by atoms with Crippen molar-refractivity contribution in [1.82, 2.24) is 14.9 Å².